The van der Waals surface area contributed by atoms with E-state index in [0.29, 0.717) is 18.9 Å². The van der Waals surface area contributed by atoms with Gasteiger partial charge in [-0.25, -0.2) is 0 Å². The van der Waals surface area contributed by atoms with Crippen molar-refractivity contribution >= 4 is 5.91 Å². The second-order valence-electron chi connectivity index (χ2n) is 2.98. The number of primary amides is 1. The van der Waals surface area contributed by atoms with Gasteiger partial charge in [0, 0.05) is 6.42 Å². The van der Waals surface area contributed by atoms with Crippen LogP contribution in [-0.2, 0) is 6.42 Å². The van der Waals surface area contributed by atoms with Crippen LogP contribution in [0.1, 0.15) is 35.8 Å². The molecule has 0 aliphatic carbocycles. The van der Waals surface area contributed by atoms with Gasteiger partial charge in [0.25, 0.3) is 11.7 Å². The molecule has 0 saturated carbocycles. The minimum Gasteiger partial charge on any atom is -0.363 e. The lowest BCUT2D eigenvalue weighted by molar-refractivity contribution is 0.0987. The molecule has 0 bridgehead atoms. The van der Waals surface area contributed by atoms with Crippen LogP contribution in [0, 0.1) is 0 Å². The summed E-state index contributed by atoms with van der Waals surface area (Å²) in [5.74, 6) is -0.267. The molecule has 0 atom stereocenters. The van der Waals surface area contributed by atoms with Crippen LogP contribution < -0.4 is 11.5 Å². The molecule has 1 amide bonds. The number of nitrogens with zero attached hydrogens (tertiary/aromatic N) is 2. The average Bonchev–Trinajstić information content (AvgIpc) is 2.61. The molecule has 0 aliphatic heterocycles. The molecule has 78 valence electrons. The van der Waals surface area contributed by atoms with E-state index in [2.05, 4.69) is 10.1 Å². The number of unbranched alkanes of at least 4 members (excludes halogenated alkanes) is 2. The number of amides is 1. The monoisotopic (exact) mass is 198 g/mol. The predicted octanol–water partition coefficient (Wildman–Crippen LogP) is -0.160. The molecule has 1 aromatic heterocycles. The second-order valence-corrected chi connectivity index (χ2v) is 2.98. The Hall–Kier alpha value is -1.43. The Balaban J connectivity index is 2.33. The maximum absolute atomic E-state index is 10.6. The summed E-state index contributed by atoms with van der Waals surface area (Å²) in [5.41, 5.74) is 10.3. The van der Waals surface area contributed by atoms with E-state index in [9.17, 15) is 4.79 Å². The highest BCUT2D eigenvalue weighted by molar-refractivity contribution is 5.88. The van der Waals surface area contributed by atoms with Crippen LogP contribution in [0.4, 0.5) is 0 Å². The van der Waals surface area contributed by atoms with E-state index < -0.39 is 5.91 Å². The Morgan fingerprint density at radius 1 is 1.36 bits per heavy atom. The van der Waals surface area contributed by atoms with Crippen molar-refractivity contribution in [1.82, 2.24) is 10.1 Å². The first-order chi connectivity index (χ1) is 6.74. The highest BCUT2D eigenvalue weighted by Gasteiger charge is 2.09. The third-order valence-electron chi connectivity index (χ3n) is 1.78. The number of carbonyl (C=O) groups is 1. The summed E-state index contributed by atoms with van der Waals surface area (Å²) in [7, 11) is 0. The van der Waals surface area contributed by atoms with Gasteiger partial charge in [-0.2, -0.15) is 4.98 Å². The molecule has 0 aliphatic rings. The van der Waals surface area contributed by atoms with Gasteiger partial charge in [-0.1, -0.05) is 11.6 Å². The van der Waals surface area contributed by atoms with Gasteiger partial charge in [0.2, 0.25) is 5.89 Å². The first-order valence-electron chi connectivity index (χ1n) is 4.56. The van der Waals surface area contributed by atoms with Gasteiger partial charge < -0.3 is 16.0 Å². The van der Waals surface area contributed by atoms with E-state index in [1.165, 1.54) is 0 Å². The van der Waals surface area contributed by atoms with Crippen LogP contribution in [0.25, 0.3) is 0 Å². The molecule has 0 unspecified atom stereocenters. The normalized spacial score (nSPS) is 10.4. The van der Waals surface area contributed by atoms with E-state index >= 15 is 0 Å². The standard InChI is InChI=1S/C8H14N4O2/c9-5-3-1-2-4-6-11-8(7(10)13)12-14-6/h1-5,9H2,(H2,10,13). The molecule has 1 rings (SSSR count). The van der Waals surface area contributed by atoms with Crippen LogP contribution >= 0.6 is 0 Å². The average molecular weight is 198 g/mol. The predicted molar refractivity (Wildman–Crippen MR) is 49.4 cm³/mol. The van der Waals surface area contributed by atoms with Crippen LogP contribution in [0.5, 0.6) is 0 Å². The summed E-state index contributed by atoms with van der Waals surface area (Å²) in [5, 5.41) is 3.43. The molecule has 6 heteroatoms. The van der Waals surface area contributed by atoms with Crippen molar-refractivity contribution in [2.24, 2.45) is 11.5 Å². The van der Waals surface area contributed by atoms with Gasteiger partial charge >= 0.3 is 0 Å². The number of carbonyl (C=O) groups excluding carboxylic acids is 1. The largest absolute Gasteiger partial charge is 0.363 e. The Bertz CT molecular complexity index is 297. The Morgan fingerprint density at radius 3 is 2.71 bits per heavy atom. The van der Waals surface area contributed by atoms with E-state index in [4.69, 9.17) is 16.0 Å². The number of rotatable bonds is 6. The van der Waals surface area contributed by atoms with Gasteiger partial charge in [0.05, 0.1) is 0 Å². The van der Waals surface area contributed by atoms with Gasteiger partial charge in [0.1, 0.15) is 0 Å². The minimum atomic E-state index is -0.665. The fourth-order valence-corrected chi connectivity index (χ4v) is 1.05. The lowest BCUT2D eigenvalue weighted by Gasteiger charge is -1.93. The Kier molecular flexibility index (Phi) is 4.06. The molecule has 4 N–H and O–H groups in total. The molecule has 0 fully saturated rings. The molecule has 1 heterocycles. The fourth-order valence-electron chi connectivity index (χ4n) is 1.05. The quantitative estimate of drug-likeness (QED) is 0.617. The number of aryl methyl sites for hydroxylation is 1. The van der Waals surface area contributed by atoms with Crippen LogP contribution in [0.15, 0.2) is 4.52 Å². The molecule has 0 radical (unpaired) electrons. The van der Waals surface area contributed by atoms with Crippen molar-refractivity contribution in [2.45, 2.75) is 25.7 Å². The van der Waals surface area contributed by atoms with Crippen LogP contribution in [-0.4, -0.2) is 22.6 Å². The zero-order chi connectivity index (χ0) is 10.4. The van der Waals surface area contributed by atoms with Crippen molar-refractivity contribution in [3.63, 3.8) is 0 Å². The molecule has 1 aromatic rings. The molecular formula is C8H14N4O2. The number of aromatic nitrogens is 2. The molecule has 6 nitrogen and oxygen atoms in total. The van der Waals surface area contributed by atoms with Crippen molar-refractivity contribution in [3.8, 4) is 0 Å². The van der Waals surface area contributed by atoms with Crippen molar-refractivity contribution < 1.29 is 9.32 Å². The lowest BCUT2D eigenvalue weighted by atomic mass is 10.2. The molecule has 0 saturated heterocycles. The molecular weight excluding hydrogens is 184 g/mol. The van der Waals surface area contributed by atoms with Gasteiger partial charge in [-0.3, -0.25) is 4.79 Å². The summed E-state index contributed by atoms with van der Waals surface area (Å²) < 4.78 is 4.81. The first-order valence-corrected chi connectivity index (χ1v) is 4.56. The topological polar surface area (TPSA) is 108 Å². The van der Waals surface area contributed by atoms with Crippen molar-refractivity contribution in [2.75, 3.05) is 6.54 Å². The van der Waals surface area contributed by atoms with Crippen molar-refractivity contribution in [1.29, 1.82) is 0 Å². The van der Waals surface area contributed by atoms with Gasteiger partial charge in [0.15, 0.2) is 0 Å². The molecule has 0 aromatic carbocycles. The second kappa shape index (κ2) is 5.33. The van der Waals surface area contributed by atoms with Crippen molar-refractivity contribution in [3.05, 3.63) is 11.7 Å². The van der Waals surface area contributed by atoms with E-state index in [1.807, 2.05) is 0 Å². The van der Waals surface area contributed by atoms with E-state index in [0.717, 1.165) is 19.3 Å². The Labute approximate surface area is 81.6 Å². The smallest absolute Gasteiger partial charge is 0.290 e. The minimum absolute atomic E-state index is 0.0566. The fraction of sp³-hybridized carbons (Fsp3) is 0.625. The highest BCUT2D eigenvalue weighted by Crippen LogP contribution is 2.03. The van der Waals surface area contributed by atoms with E-state index in [-0.39, 0.29) is 5.82 Å². The summed E-state index contributed by atoms with van der Waals surface area (Å²) in [6, 6.07) is 0. The highest BCUT2D eigenvalue weighted by atomic mass is 16.5. The summed E-state index contributed by atoms with van der Waals surface area (Å²) in [6.07, 6.45) is 3.60. The zero-order valence-electron chi connectivity index (χ0n) is 7.90. The third-order valence-corrected chi connectivity index (χ3v) is 1.78. The SMILES string of the molecule is NCCCCCc1nc(C(N)=O)no1. The maximum Gasteiger partial charge on any atom is 0.290 e. The van der Waals surface area contributed by atoms with Gasteiger partial charge in [-0.15, -0.1) is 0 Å². The van der Waals surface area contributed by atoms with E-state index in [1.54, 1.807) is 0 Å². The molecule has 0 spiro atoms. The Morgan fingerprint density at radius 2 is 2.14 bits per heavy atom. The summed E-state index contributed by atoms with van der Waals surface area (Å²) in [4.78, 5) is 14.4. The maximum atomic E-state index is 10.6. The van der Waals surface area contributed by atoms with Gasteiger partial charge in [-0.05, 0) is 19.4 Å². The van der Waals surface area contributed by atoms with Crippen LogP contribution in [0.3, 0.4) is 0 Å². The number of nitrogens with two attached hydrogens (primary N) is 2. The first kappa shape index (κ1) is 10.6. The summed E-state index contributed by atoms with van der Waals surface area (Å²) in [6.45, 7) is 0.691. The summed E-state index contributed by atoms with van der Waals surface area (Å²) >= 11 is 0. The lowest BCUT2D eigenvalue weighted by Crippen LogP contribution is -2.12. The number of hydrogen-bond donors (Lipinski definition) is 2. The van der Waals surface area contributed by atoms with Crippen LogP contribution in [0.2, 0.25) is 0 Å². The third kappa shape index (κ3) is 3.14. The zero-order valence-corrected chi connectivity index (χ0v) is 7.90. The number of hydrogen-bond acceptors (Lipinski definition) is 5. The molecule has 14 heavy (non-hydrogen) atoms.